The summed E-state index contributed by atoms with van der Waals surface area (Å²) in [6.45, 7) is 2.74. The molecule has 0 aliphatic carbocycles. The molecule has 1 fully saturated rings. The Morgan fingerprint density at radius 3 is 3.00 bits per heavy atom. The van der Waals surface area contributed by atoms with Crippen LogP contribution >= 0.6 is 0 Å². The van der Waals surface area contributed by atoms with Gasteiger partial charge in [0.15, 0.2) is 0 Å². The summed E-state index contributed by atoms with van der Waals surface area (Å²) >= 11 is 0. The van der Waals surface area contributed by atoms with Gasteiger partial charge in [0.1, 0.15) is 11.6 Å². The molecule has 1 aliphatic heterocycles. The van der Waals surface area contributed by atoms with Crippen molar-refractivity contribution in [3.8, 4) is 6.07 Å². The van der Waals surface area contributed by atoms with Crippen LogP contribution in [-0.4, -0.2) is 33.1 Å². The second kappa shape index (κ2) is 6.91. The molecule has 0 saturated carbocycles. The minimum Gasteiger partial charge on any atom is -0.360 e. The van der Waals surface area contributed by atoms with Gasteiger partial charge in [-0.25, -0.2) is 0 Å². The van der Waals surface area contributed by atoms with Crippen molar-refractivity contribution in [1.82, 2.24) is 20.6 Å². The lowest BCUT2D eigenvalue weighted by atomic mass is 10.1. The summed E-state index contributed by atoms with van der Waals surface area (Å²) in [6, 6.07) is 7.77. The molecule has 2 heterocycles. The second-order valence-electron chi connectivity index (χ2n) is 5.55. The average Bonchev–Trinajstić information content (AvgIpc) is 3.11. The Balaban J connectivity index is 1.77. The van der Waals surface area contributed by atoms with Gasteiger partial charge in [0, 0.05) is 30.5 Å². The fourth-order valence-corrected chi connectivity index (χ4v) is 2.69. The predicted octanol–water partition coefficient (Wildman–Crippen LogP) is 2.00. The summed E-state index contributed by atoms with van der Waals surface area (Å²) < 4.78 is 0. The van der Waals surface area contributed by atoms with Gasteiger partial charge in [0.2, 0.25) is 11.7 Å². The Kier molecular flexibility index (Phi) is 4.52. The molecule has 0 radical (unpaired) electrons. The van der Waals surface area contributed by atoms with Gasteiger partial charge in [-0.1, -0.05) is 0 Å². The molecule has 1 saturated heterocycles. The number of anilines is 2. The van der Waals surface area contributed by atoms with Crippen LogP contribution in [0.25, 0.3) is 5.57 Å². The molecular formula is C16H17N7O. The summed E-state index contributed by atoms with van der Waals surface area (Å²) in [7, 11) is 0. The summed E-state index contributed by atoms with van der Waals surface area (Å²) in [6.07, 6.45) is 4.14. The van der Waals surface area contributed by atoms with Gasteiger partial charge in [-0.05, 0) is 48.7 Å². The Morgan fingerprint density at radius 2 is 2.33 bits per heavy atom. The molecule has 3 rings (SSSR count). The Hall–Kier alpha value is -3.21. The maximum Gasteiger partial charge on any atom is 0.226 e. The minimum atomic E-state index is 0.175. The normalized spacial score (nSPS) is 15.2. The van der Waals surface area contributed by atoms with Gasteiger partial charge in [-0.3, -0.25) is 4.79 Å². The lowest BCUT2D eigenvalue weighted by Crippen LogP contribution is -2.35. The zero-order valence-electron chi connectivity index (χ0n) is 13.3. The maximum absolute atomic E-state index is 12.1. The standard InChI is InChI=1S/C16H17N7O/c1-11-8-13(18-10-12(9-17)16-19-21-22-20-16)5-6-14(11)23-7-3-2-4-15(23)24/h5-6,8,10,18H,2-4,7H2,1H3,(H,19,20,21,22). The molecule has 0 atom stereocenters. The van der Waals surface area contributed by atoms with E-state index in [9.17, 15) is 4.79 Å². The van der Waals surface area contributed by atoms with Gasteiger partial charge in [0.05, 0.1) is 0 Å². The molecule has 2 aromatic rings. The number of H-pyrrole nitrogens is 1. The van der Waals surface area contributed by atoms with Crippen molar-refractivity contribution < 1.29 is 4.79 Å². The van der Waals surface area contributed by atoms with Crippen LogP contribution in [0.15, 0.2) is 24.4 Å². The van der Waals surface area contributed by atoms with E-state index in [0.29, 0.717) is 6.42 Å². The van der Waals surface area contributed by atoms with Gasteiger partial charge < -0.3 is 10.2 Å². The van der Waals surface area contributed by atoms with Crippen LogP contribution in [0.1, 0.15) is 30.7 Å². The van der Waals surface area contributed by atoms with E-state index in [1.54, 1.807) is 0 Å². The van der Waals surface area contributed by atoms with Crippen molar-refractivity contribution in [2.75, 3.05) is 16.8 Å². The molecule has 1 aliphatic rings. The first kappa shape index (κ1) is 15.7. The molecule has 2 N–H and O–H groups in total. The summed E-state index contributed by atoms with van der Waals surface area (Å²) in [5.41, 5.74) is 3.03. The molecule has 8 heteroatoms. The van der Waals surface area contributed by atoms with Crippen LogP contribution < -0.4 is 10.2 Å². The van der Waals surface area contributed by atoms with Crippen molar-refractivity contribution in [3.63, 3.8) is 0 Å². The highest BCUT2D eigenvalue weighted by atomic mass is 16.2. The molecule has 0 bridgehead atoms. The lowest BCUT2D eigenvalue weighted by molar-refractivity contribution is -0.119. The van der Waals surface area contributed by atoms with Crippen LogP contribution in [0.5, 0.6) is 0 Å². The number of hydrogen-bond acceptors (Lipinski definition) is 6. The van der Waals surface area contributed by atoms with E-state index in [1.807, 2.05) is 36.1 Å². The molecule has 24 heavy (non-hydrogen) atoms. The molecular weight excluding hydrogens is 306 g/mol. The molecule has 1 aromatic carbocycles. The summed E-state index contributed by atoms with van der Waals surface area (Å²) in [5.74, 6) is 0.408. The quantitative estimate of drug-likeness (QED) is 0.833. The lowest BCUT2D eigenvalue weighted by Gasteiger charge is -2.28. The van der Waals surface area contributed by atoms with Crippen molar-refractivity contribution in [2.45, 2.75) is 26.2 Å². The second-order valence-corrected chi connectivity index (χ2v) is 5.55. The van der Waals surface area contributed by atoms with Crippen molar-refractivity contribution in [1.29, 1.82) is 5.26 Å². The number of nitriles is 1. The molecule has 122 valence electrons. The number of aryl methyl sites for hydroxylation is 1. The van der Waals surface area contributed by atoms with E-state index in [1.165, 1.54) is 6.20 Å². The minimum absolute atomic E-state index is 0.175. The highest BCUT2D eigenvalue weighted by molar-refractivity contribution is 5.95. The van der Waals surface area contributed by atoms with E-state index in [4.69, 9.17) is 5.26 Å². The van der Waals surface area contributed by atoms with Crippen molar-refractivity contribution in [2.24, 2.45) is 0 Å². The van der Waals surface area contributed by atoms with E-state index in [2.05, 4.69) is 25.9 Å². The van der Waals surface area contributed by atoms with Crippen LogP contribution in [0.4, 0.5) is 11.4 Å². The van der Waals surface area contributed by atoms with Gasteiger partial charge in [-0.15, -0.1) is 10.2 Å². The first-order chi connectivity index (χ1) is 11.7. The highest BCUT2D eigenvalue weighted by Crippen LogP contribution is 2.27. The third-order valence-corrected chi connectivity index (χ3v) is 3.90. The van der Waals surface area contributed by atoms with Gasteiger partial charge in [0.25, 0.3) is 0 Å². The number of allylic oxidation sites excluding steroid dienone is 1. The van der Waals surface area contributed by atoms with Crippen molar-refractivity contribution >= 4 is 22.9 Å². The number of aromatic amines is 1. The van der Waals surface area contributed by atoms with Crippen LogP contribution in [0.3, 0.4) is 0 Å². The number of nitrogens with zero attached hydrogens (tertiary/aromatic N) is 5. The fourth-order valence-electron chi connectivity index (χ4n) is 2.69. The SMILES string of the molecule is Cc1cc(NC=C(C#N)c2nn[nH]n2)ccc1N1CCCCC1=O. The smallest absolute Gasteiger partial charge is 0.226 e. The number of hydrogen-bond donors (Lipinski definition) is 2. The first-order valence-corrected chi connectivity index (χ1v) is 7.70. The Bertz CT molecular complexity index is 804. The number of carbonyl (C=O) groups excluding carboxylic acids is 1. The van der Waals surface area contributed by atoms with E-state index in [0.717, 1.165) is 36.3 Å². The Labute approximate surface area is 139 Å². The topological polar surface area (TPSA) is 111 Å². The zero-order valence-corrected chi connectivity index (χ0v) is 13.3. The number of nitrogens with one attached hydrogen (secondary N) is 2. The first-order valence-electron chi connectivity index (χ1n) is 7.70. The number of aromatic nitrogens is 4. The van der Waals surface area contributed by atoms with Crippen molar-refractivity contribution in [3.05, 3.63) is 35.8 Å². The highest BCUT2D eigenvalue weighted by Gasteiger charge is 2.20. The number of amides is 1. The average molecular weight is 323 g/mol. The van der Waals surface area contributed by atoms with E-state index < -0.39 is 0 Å². The fraction of sp³-hybridized carbons (Fsp3) is 0.312. The van der Waals surface area contributed by atoms with E-state index in [-0.39, 0.29) is 17.3 Å². The number of tetrazole rings is 1. The van der Waals surface area contributed by atoms with Crippen LogP contribution in [0, 0.1) is 18.3 Å². The number of benzene rings is 1. The largest absolute Gasteiger partial charge is 0.360 e. The predicted molar refractivity (Wildman–Crippen MR) is 88.8 cm³/mol. The number of carbonyl (C=O) groups is 1. The molecule has 0 spiro atoms. The zero-order chi connectivity index (χ0) is 16.9. The molecule has 0 unspecified atom stereocenters. The van der Waals surface area contributed by atoms with E-state index >= 15 is 0 Å². The third kappa shape index (κ3) is 3.25. The van der Waals surface area contributed by atoms with Gasteiger partial charge in [-0.2, -0.15) is 10.5 Å². The maximum atomic E-state index is 12.1. The number of rotatable bonds is 4. The van der Waals surface area contributed by atoms with Crippen LogP contribution in [0.2, 0.25) is 0 Å². The summed E-state index contributed by atoms with van der Waals surface area (Å²) in [4.78, 5) is 13.9. The summed E-state index contributed by atoms with van der Waals surface area (Å²) in [5, 5.41) is 25.5. The Morgan fingerprint density at radius 1 is 1.46 bits per heavy atom. The monoisotopic (exact) mass is 323 g/mol. The third-order valence-electron chi connectivity index (χ3n) is 3.90. The molecule has 1 aromatic heterocycles. The number of piperidine rings is 1. The van der Waals surface area contributed by atoms with Crippen LogP contribution in [-0.2, 0) is 4.79 Å². The van der Waals surface area contributed by atoms with Gasteiger partial charge >= 0.3 is 0 Å². The molecule has 8 nitrogen and oxygen atoms in total. The molecule has 1 amide bonds.